The molecule has 0 bridgehead atoms. The highest BCUT2D eigenvalue weighted by Gasteiger charge is 2.61. The first-order valence-electron chi connectivity index (χ1n) is 10.5. The molecule has 0 aliphatic carbocycles. The number of benzene rings is 2. The van der Waals surface area contributed by atoms with Gasteiger partial charge in [0.2, 0.25) is 5.91 Å². The summed E-state index contributed by atoms with van der Waals surface area (Å²) in [6, 6.07) is 16.8. The summed E-state index contributed by atoms with van der Waals surface area (Å²) >= 11 is 0. The summed E-state index contributed by atoms with van der Waals surface area (Å²) in [5.74, 6) is -0.880. The monoisotopic (exact) mass is 446 g/mol. The molecule has 2 aliphatic rings. The van der Waals surface area contributed by atoms with Crippen LogP contribution in [0, 0.1) is 19.8 Å². The number of aryl methyl sites for hydroxylation is 2. The van der Waals surface area contributed by atoms with Gasteiger partial charge in [0.1, 0.15) is 23.5 Å². The highest BCUT2D eigenvalue weighted by molar-refractivity contribution is 6.24. The second-order valence-electron chi connectivity index (χ2n) is 8.11. The van der Waals surface area contributed by atoms with Crippen LogP contribution in [0.2, 0.25) is 0 Å². The average molecular weight is 446 g/mol. The molecule has 0 spiro atoms. The van der Waals surface area contributed by atoms with E-state index in [1.165, 1.54) is 19.2 Å². The van der Waals surface area contributed by atoms with Gasteiger partial charge in [-0.2, -0.15) is 0 Å². The first-order valence-corrected chi connectivity index (χ1v) is 10.5. The van der Waals surface area contributed by atoms with E-state index in [9.17, 15) is 14.4 Å². The highest BCUT2D eigenvalue weighted by Crippen LogP contribution is 2.48. The molecule has 8 nitrogen and oxygen atoms in total. The molecule has 168 valence electrons. The number of hydrogen-bond donors (Lipinski definition) is 0. The van der Waals surface area contributed by atoms with Gasteiger partial charge in [-0.25, -0.2) is 14.8 Å². The quantitative estimate of drug-likeness (QED) is 0.446. The number of hydroxylamine groups is 1. The van der Waals surface area contributed by atoms with Gasteiger partial charge in [0.05, 0.1) is 24.0 Å². The van der Waals surface area contributed by atoms with Crippen LogP contribution < -0.4 is 9.96 Å². The Balaban J connectivity index is 1.53. The van der Waals surface area contributed by atoms with E-state index < -0.39 is 29.9 Å². The van der Waals surface area contributed by atoms with E-state index in [1.54, 1.807) is 17.2 Å². The normalized spacial score (nSPS) is 22.1. The Bertz CT molecular complexity index is 1250. The molecular formula is C25H22N2O6. The van der Waals surface area contributed by atoms with Gasteiger partial charge in [-0.1, -0.05) is 18.2 Å². The maximum atomic E-state index is 13.6. The van der Waals surface area contributed by atoms with Crippen molar-refractivity contribution < 1.29 is 28.4 Å². The largest absolute Gasteiger partial charge is 0.465 e. The van der Waals surface area contributed by atoms with Crippen LogP contribution in [0.5, 0.6) is 0 Å². The fourth-order valence-electron chi connectivity index (χ4n) is 4.45. The number of ether oxygens (including phenoxy) is 1. The molecule has 2 aliphatic heterocycles. The second kappa shape index (κ2) is 7.90. The number of furan rings is 1. The number of hydrogen-bond acceptors (Lipinski definition) is 7. The third-order valence-corrected chi connectivity index (χ3v) is 6.07. The third kappa shape index (κ3) is 3.30. The van der Waals surface area contributed by atoms with Crippen molar-refractivity contribution in [3.05, 3.63) is 83.3 Å². The molecule has 2 aromatic carbocycles. The number of esters is 1. The summed E-state index contributed by atoms with van der Waals surface area (Å²) in [6.45, 7) is 3.77. The summed E-state index contributed by atoms with van der Waals surface area (Å²) in [7, 11) is 1.29. The predicted molar refractivity (Wildman–Crippen MR) is 118 cm³/mol. The zero-order chi connectivity index (χ0) is 23.3. The van der Waals surface area contributed by atoms with Crippen LogP contribution in [0.1, 0.15) is 33.5 Å². The summed E-state index contributed by atoms with van der Waals surface area (Å²) in [5.41, 5.74) is 2.40. The van der Waals surface area contributed by atoms with Crippen LogP contribution in [0.4, 0.5) is 11.4 Å². The lowest BCUT2D eigenvalue weighted by molar-refractivity contribution is -0.126. The van der Waals surface area contributed by atoms with Crippen molar-refractivity contribution in [2.45, 2.75) is 26.0 Å². The van der Waals surface area contributed by atoms with Crippen LogP contribution in [0.25, 0.3) is 0 Å². The first kappa shape index (κ1) is 21.0. The minimum absolute atomic E-state index is 0.325. The Kier molecular flexibility index (Phi) is 5.02. The van der Waals surface area contributed by atoms with Crippen LogP contribution in [-0.4, -0.2) is 31.0 Å². The minimum atomic E-state index is -0.993. The number of nitrogens with zero attached hydrogens (tertiary/aromatic N) is 2. The molecule has 8 heteroatoms. The van der Waals surface area contributed by atoms with Gasteiger partial charge in [0.15, 0.2) is 6.10 Å². The molecule has 5 rings (SSSR count). The van der Waals surface area contributed by atoms with E-state index in [-0.39, 0.29) is 5.91 Å². The van der Waals surface area contributed by atoms with Gasteiger partial charge in [0, 0.05) is 0 Å². The smallest absolute Gasteiger partial charge is 0.337 e. The topological polar surface area (TPSA) is 89.3 Å². The zero-order valence-corrected chi connectivity index (χ0v) is 18.3. The van der Waals surface area contributed by atoms with E-state index in [1.807, 2.05) is 50.2 Å². The molecule has 2 saturated heterocycles. The Hall–Kier alpha value is -3.91. The number of rotatable bonds is 4. The molecule has 2 amide bonds. The van der Waals surface area contributed by atoms with Crippen molar-refractivity contribution in [2.75, 3.05) is 17.1 Å². The molecule has 3 heterocycles. The molecule has 2 fully saturated rings. The summed E-state index contributed by atoms with van der Waals surface area (Å²) < 4.78 is 10.6. The lowest BCUT2D eigenvalue weighted by Crippen LogP contribution is -2.37. The molecular weight excluding hydrogens is 424 g/mol. The van der Waals surface area contributed by atoms with Gasteiger partial charge < -0.3 is 9.15 Å². The van der Waals surface area contributed by atoms with E-state index in [2.05, 4.69) is 0 Å². The standard InChI is InChI=1S/C25H22N2O6/c1-14-6-4-5-7-18(14)27-21(19-13-8-15(2)32-19)20-22(33-27)24(29)26(23(20)28)17-11-9-16(10-12-17)25(30)31-3/h4-13,20-22H,1-3H3/t20-,21+,22+/m0/s1. The maximum Gasteiger partial charge on any atom is 0.337 e. The lowest BCUT2D eigenvalue weighted by atomic mass is 9.94. The minimum Gasteiger partial charge on any atom is -0.465 e. The lowest BCUT2D eigenvalue weighted by Gasteiger charge is -2.28. The van der Waals surface area contributed by atoms with E-state index in [0.29, 0.717) is 22.8 Å². The van der Waals surface area contributed by atoms with E-state index in [0.717, 1.165) is 16.2 Å². The van der Waals surface area contributed by atoms with E-state index >= 15 is 0 Å². The molecule has 33 heavy (non-hydrogen) atoms. The summed E-state index contributed by atoms with van der Waals surface area (Å²) in [5, 5.41) is 1.62. The Morgan fingerprint density at radius 2 is 1.67 bits per heavy atom. The van der Waals surface area contributed by atoms with Crippen LogP contribution in [-0.2, 0) is 19.2 Å². The van der Waals surface area contributed by atoms with Gasteiger partial charge in [-0.3, -0.25) is 14.4 Å². The Morgan fingerprint density at radius 1 is 0.939 bits per heavy atom. The average Bonchev–Trinajstić information content (AvgIpc) is 3.48. The zero-order valence-electron chi connectivity index (χ0n) is 18.3. The summed E-state index contributed by atoms with van der Waals surface area (Å²) in [6.07, 6.45) is -0.993. The van der Waals surface area contributed by atoms with Crippen LogP contribution in [0.15, 0.2) is 65.1 Å². The van der Waals surface area contributed by atoms with Crippen molar-refractivity contribution in [3.63, 3.8) is 0 Å². The maximum absolute atomic E-state index is 13.6. The fourth-order valence-corrected chi connectivity index (χ4v) is 4.45. The highest BCUT2D eigenvalue weighted by atomic mass is 16.7. The number of anilines is 2. The number of imide groups is 1. The number of methoxy groups -OCH3 is 1. The fraction of sp³-hybridized carbons (Fsp3) is 0.240. The van der Waals surface area contributed by atoms with Gasteiger partial charge in [-0.05, 0) is 61.9 Å². The second-order valence-corrected chi connectivity index (χ2v) is 8.11. The number of amides is 2. The first-order chi connectivity index (χ1) is 15.9. The van der Waals surface area contributed by atoms with E-state index in [4.69, 9.17) is 14.0 Å². The number of fused-ring (bicyclic) bond motifs is 1. The molecule has 0 saturated carbocycles. The van der Waals surface area contributed by atoms with Crippen molar-refractivity contribution >= 4 is 29.2 Å². The number of para-hydroxylation sites is 1. The summed E-state index contributed by atoms with van der Waals surface area (Å²) in [4.78, 5) is 45.9. The molecule has 3 atom stereocenters. The van der Waals surface area contributed by atoms with Crippen molar-refractivity contribution in [3.8, 4) is 0 Å². The van der Waals surface area contributed by atoms with Crippen LogP contribution in [0.3, 0.4) is 0 Å². The van der Waals surface area contributed by atoms with Gasteiger partial charge >= 0.3 is 5.97 Å². The molecule has 0 unspecified atom stereocenters. The van der Waals surface area contributed by atoms with Gasteiger partial charge in [0.25, 0.3) is 5.91 Å². The van der Waals surface area contributed by atoms with Crippen molar-refractivity contribution in [2.24, 2.45) is 5.92 Å². The van der Waals surface area contributed by atoms with Crippen molar-refractivity contribution in [1.29, 1.82) is 0 Å². The SMILES string of the molecule is COC(=O)c1ccc(N2C(=O)[C@H]3[C@@H](c4ccc(C)o4)N(c4ccccc4C)O[C@H]3C2=O)cc1. The molecule has 0 radical (unpaired) electrons. The third-order valence-electron chi connectivity index (χ3n) is 6.07. The molecule has 3 aromatic rings. The molecule has 1 aromatic heterocycles. The number of carbonyl (C=O) groups excluding carboxylic acids is 3. The van der Waals surface area contributed by atoms with Gasteiger partial charge in [-0.15, -0.1) is 0 Å². The number of carbonyl (C=O) groups is 3. The van der Waals surface area contributed by atoms with Crippen molar-refractivity contribution in [1.82, 2.24) is 0 Å². The Labute approximate surface area is 190 Å². The molecule has 0 N–H and O–H groups in total. The Morgan fingerprint density at radius 3 is 2.30 bits per heavy atom. The predicted octanol–water partition coefficient (Wildman–Crippen LogP) is 3.73. The van der Waals surface area contributed by atoms with Crippen LogP contribution >= 0.6 is 0 Å².